The predicted octanol–water partition coefficient (Wildman–Crippen LogP) is 3.56. The molecule has 0 saturated heterocycles. The lowest BCUT2D eigenvalue weighted by Gasteiger charge is -2.09. The van der Waals surface area contributed by atoms with Gasteiger partial charge in [-0.1, -0.05) is 42.5 Å². The molecule has 0 saturated carbocycles. The van der Waals surface area contributed by atoms with Gasteiger partial charge in [-0.2, -0.15) is 0 Å². The summed E-state index contributed by atoms with van der Waals surface area (Å²) in [4.78, 5) is 9.51. The lowest BCUT2D eigenvalue weighted by Crippen LogP contribution is -2.05. The highest BCUT2D eigenvalue weighted by molar-refractivity contribution is 6.18. The molecule has 0 unspecified atom stereocenters. The molecule has 2 aromatic rings. The number of benzene rings is 2. The highest BCUT2D eigenvalue weighted by Gasteiger charge is 2.02. The molecular formula is C15H18ClNO2. The van der Waals surface area contributed by atoms with Gasteiger partial charge in [0.2, 0.25) is 0 Å². The van der Waals surface area contributed by atoms with Crippen molar-refractivity contribution in [2.24, 2.45) is 5.73 Å². The molecule has 0 aliphatic rings. The van der Waals surface area contributed by atoms with Gasteiger partial charge in [-0.25, -0.2) is 0 Å². The van der Waals surface area contributed by atoms with Crippen molar-refractivity contribution in [2.75, 3.05) is 5.88 Å². The van der Waals surface area contributed by atoms with Crippen molar-refractivity contribution in [2.45, 2.75) is 19.4 Å². The van der Waals surface area contributed by atoms with Crippen molar-refractivity contribution in [1.82, 2.24) is 0 Å². The number of nitrogens with two attached hydrogens (primary N) is 1. The van der Waals surface area contributed by atoms with Crippen LogP contribution in [0.5, 0.6) is 0 Å². The summed E-state index contributed by atoms with van der Waals surface area (Å²) in [5.74, 6) is -0.639. The van der Waals surface area contributed by atoms with Gasteiger partial charge < -0.3 is 10.8 Å². The second-order valence-corrected chi connectivity index (χ2v) is 4.57. The van der Waals surface area contributed by atoms with Crippen molar-refractivity contribution in [3.05, 3.63) is 48.0 Å². The number of alkyl halides is 1. The maximum atomic E-state index is 9.51. The molecule has 3 nitrogen and oxygen atoms in total. The molecule has 1 atom stereocenters. The molecule has 0 fully saturated rings. The fourth-order valence-electron chi connectivity index (χ4n) is 1.73. The van der Waals surface area contributed by atoms with Crippen LogP contribution < -0.4 is 5.73 Å². The number of hydrogen-bond donors (Lipinski definition) is 2. The molecule has 0 aliphatic carbocycles. The third-order valence-corrected chi connectivity index (χ3v) is 2.81. The van der Waals surface area contributed by atoms with Crippen LogP contribution in [0.2, 0.25) is 0 Å². The Morgan fingerprint density at radius 2 is 1.89 bits per heavy atom. The second-order valence-electron chi connectivity index (χ2n) is 4.19. The Labute approximate surface area is 118 Å². The molecule has 0 aromatic heterocycles. The number of fused-ring (bicyclic) bond motifs is 1. The first-order chi connectivity index (χ1) is 9.06. The zero-order chi connectivity index (χ0) is 14.3. The van der Waals surface area contributed by atoms with E-state index in [2.05, 4.69) is 30.3 Å². The van der Waals surface area contributed by atoms with E-state index < -0.39 is 5.97 Å². The Kier molecular flexibility index (Phi) is 6.33. The Bertz CT molecular complexity index is 535. The molecule has 102 valence electrons. The standard InChI is InChI=1S/C12H13N.C3H5ClO2/c1-9(13)11-8-4-6-10-5-2-3-7-12(10)11;4-2-1-3(5)6/h2-9H,13H2,1H3;1-2H2,(H,5,6)/t9-;/m0./s1. The molecule has 2 rings (SSSR count). The maximum Gasteiger partial charge on any atom is 0.304 e. The summed E-state index contributed by atoms with van der Waals surface area (Å²) in [6, 6.07) is 14.7. The summed E-state index contributed by atoms with van der Waals surface area (Å²) in [5, 5.41) is 10.4. The van der Waals surface area contributed by atoms with Crippen LogP contribution in [0.1, 0.15) is 24.9 Å². The van der Waals surface area contributed by atoms with Gasteiger partial charge in [0.05, 0.1) is 6.42 Å². The highest BCUT2D eigenvalue weighted by atomic mass is 35.5. The maximum absolute atomic E-state index is 9.51. The largest absolute Gasteiger partial charge is 0.481 e. The van der Waals surface area contributed by atoms with Crippen LogP contribution in [-0.4, -0.2) is 17.0 Å². The quantitative estimate of drug-likeness (QED) is 0.845. The zero-order valence-electron chi connectivity index (χ0n) is 10.8. The lowest BCUT2D eigenvalue weighted by molar-refractivity contribution is -0.136. The summed E-state index contributed by atoms with van der Waals surface area (Å²) >= 11 is 5.02. The van der Waals surface area contributed by atoms with E-state index in [-0.39, 0.29) is 18.3 Å². The number of carboxylic acid groups (broad SMARTS) is 1. The van der Waals surface area contributed by atoms with E-state index in [9.17, 15) is 4.79 Å². The minimum absolute atomic E-state index is 0.0571. The van der Waals surface area contributed by atoms with E-state index in [1.54, 1.807) is 0 Å². The predicted molar refractivity (Wildman–Crippen MR) is 79.5 cm³/mol. The first-order valence-electron chi connectivity index (χ1n) is 6.07. The third-order valence-electron chi connectivity index (χ3n) is 2.62. The molecule has 0 spiro atoms. The van der Waals surface area contributed by atoms with Crippen molar-refractivity contribution in [3.8, 4) is 0 Å². The Balaban J connectivity index is 0.000000258. The number of carboxylic acids is 1. The first kappa shape index (κ1) is 15.5. The molecule has 3 N–H and O–H groups in total. The topological polar surface area (TPSA) is 63.3 Å². The van der Waals surface area contributed by atoms with Crippen LogP contribution in [0.3, 0.4) is 0 Å². The number of rotatable bonds is 3. The summed E-state index contributed by atoms with van der Waals surface area (Å²) in [5.41, 5.74) is 7.10. The van der Waals surface area contributed by atoms with Gasteiger partial charge in [-0.3, -0.25) is 4.79 Å². The molecule has 2 aromatic carbocycles. The van der Waals surface area contributed by atoms with E-state index in [0.29, 0.717) is 0 Å². The Hall–Kier alpha value is -1.58. The molecule has 0 aliphatic heterocycles. The van der Waals surface area contributed by atoms with Crippen LogP contribution in [0, 0.1) is 0 Å². The molecule has 0 radical (unpaired) electrons. The molecule has 0 bridgehead atoms. The minimum Gasteiger partial charge on any atom is -0.481 e. The summed E-state index contributed by atoms with van der Waals surface area (Å²) in [6.45, 7) is 2.02. The molecular weight excluding hydrogens is 262 g/mol. The molecule has 19 heavy (non-hydrogen) atoms. The highest BCUT2D eigenvalue weighted by Crippen LogP contribution is 2.22. The van der Waals surface area contributed by atoms with Crippen LogP contribution in [0.4, 0.5) is 0 Å². The van der Waals surface area contributed by atoms with E-state index in [1.165, 1.54) is 16.3 Å². The van der Waals surface area contributed by atoms with Gasteiger partial charge in [0.1, 0.15) is 0 Å². The average molecular weight is 280 g/mol. The van der Waals surface area contributed by atoms with E-state index in [0.717, 1.165) is 0 Å². The van der Waals surface area contributed by atoms with Crippen LogP contribution in [0.15, 0.2) is 42.5 Å². The Morgan fingerprint density at radius 1 is 1.26 bits per heavy atom. The van der Waals surface area contributed by atoms with E-state index in [1.807, 2.05) is 19.1 Å². The van der Waals surface area contributed by atoms with Crippen LogP contribution in [-0.2, 0) is 4.79 Å². The smallest absolute Gasteiger partial charge is 0.304 e. The fraction of sp³-hybridized carbons (Fsp3) is 0.267. The molecule has 4 heteroatoms. The third kappa shape index (κ3) is 4.89. The number of halogens is 1. The number of aliphatic carboxylic acids is 1. The van der Waals surface area contributed by atoms with Gasteiger partial charge in [-0.05, 0) is 23.3 Å². The molecule has 0 heterocycles. The van der Waals surface area contributed by atoms with Crippen LogP contribution in [0.25, 0.3) is 10.8 Å². The second kappa shape index (κ2) is 7.77. The summed E-state index contributed by atoms with van der Waals surface area (Å²) < 4.78 is 0. The Morgan fingerprint density at radius 3 is 2.42 bits per heavy atom. The van der Waals surface area contributed by atoms with Gasteiger partial charge in [0, 0.05) is 11.9 Å². The van der Waals surface area contributed by atoms with Crippen molar-refractivity contribution >= 4 is 28.3 Å². The first-order valence-corrected chi connectivity index (χ1v) is 6.60. The van der Waals surface area contributed by atoms with Crippen molar-refractivity contribution in [1.29, 1.82) is 0 Å². The van der Waals surface area contributed by atoms with Crippen molar-refractivity contribution < 1.29 is 9.90 Å². The summed E-state index contributed by atoms with van der Waals surface area (Å²) in [6.07, 6.45) is 0.0571. The number of hydrogen-bond acceptors (Lipinski definition) is 2. The monoisotopic (exact) mass is 279 g/mol. The van der Waals surface area contributed by atoms with Crippen molar-refractivity contribution in [3.63, 3.8) is 0 Å². The van der Waals surface area contributed by atoms with E-state index >= 15 is 0 Å². The SMILES string of the molecule is C[C@H](N)c1cccc2ccccc12.O=C(O)CCCl. The zero-order valence-corrected chi connectivity index (χ0v) is 11.6. The number of carbonyl (C=O) groups is 1. The van der Waals surface area contributed by atoms with Gasteiger partial charge in [0.15, 0.2) is 0 Å². The van der Waals surface area contributed by atoms with Gasteiger partial charge in [-0.15, -0.1) is 11.6 Å². The fourth-order valence-corrected chi connectivity index (χ4v) is 1.89. The lowest BCUT2D eigenvalue weighted by atomic mass is 10.0. The van der Waals surface area contributed by atoms with Gasteiger partial charge >= 0.3 is 5.97 Å². The summed E-state index contributed by atoms with van der Waals surface area (Å²) in [7, 11) is 0. The van der Waals surface area contributed by atoms with Crippen LogP contribution >= 0.6 is 11.6 Å². The normalized spacial score (nSPS) is 11.5. The average Bonchev–Trinajstić information content (AvgIpc) is 2.38. The molecule has 0 amide bonds. The van der Waals surface area contributed by atoms with Gasteiger partial charge in [0.25, 0.3) is 0 Å². The van der Waals surface area contributed by atoms with E-state index in [4.69, 9.17) is 22.4 Å². The minimum atomic E-state index is -0.843.